The highest BCUT2D eigenvalue weighted by atomic mass is 16.5. The van der Waals surface area contributed by atoms with Crippen LogP contribution < -0.4 is 4.74 Å². The standard InChI is InChI=1S/C22H26N6O4/c1-16-13-25-28(14-16)15-18-11-19(26-32-18)20(29)27-8-4-22(5-9-27)12-17(3-10-30-22)31-21-23-6-2-7-24-21/h2,6-7,11,13-14,17H,3-5,8-10,12,15H2,1H3. The number of nitrogens with zero attached hydrogens (tertiary/aromatic N) is 6. The molecule has 1 spiro atoms. The molecule has 168 valence electrons. The van der Waals surface area contributed by atoms with Gasteiger partial charge in [0.05, 0.1) is 18.4 Å². The van der Waals surface area contributed by atoms with Crippen LogP contribution in [0, 0.1) is 6.92 Å². The molecule has 5 heterocycles. The summed E-state index contributed by atoms with van der Waals surface area (Å²) in [6.45, 7) is 4.26. The zero-order chi connectivity index (χ0) is 22.0. The highest BCUT2D eigenvalue weighted by Gasteiger charge is 2.42. The Morgan fingerprint density at radius 3 is 2.84 bits per heavy atom. The Morgan fingerprint density at radius 1 is 1.28 bits per heavy atom. The summed E-state index contributed by atoms with van der Waals surface area (Å²) < 4.78 is 19.3. The number of ether oxygens (including phenoxy) is 2. The van der Waals surface area contributed by atoms with E-state index in [1.807, 2.05) is 18.0 Å². The normalized spacial score (nSPS) is 20.4. The smallest absolute Gasteiger partial charge is 0.316 e. The maximum atomic E-state index is 12.9. The summed E-state index contributed by atoms with van der Waals surface area (Å²) in [7, 11) is 0. The Hall–Kier alpha value is -3.27. The SMILES string of the molecule is Cc1cnn(Cc2cc(C(=O)N3CCC4(CC3)CC(Oc3ncccn3)CCO4)no2)c1. The Morgan fingerprint density at radius 2 is 2.09 bits per heavy atom. The fourth-order valence-corrected chi connectivity index (χ4v) is 4.41. The molecular weight excluding hydrogens is 412 g/mol. The molecule has 1 amide bonds. The minimum Gasteiger partial charge on any atom is -0.460 e. The van der Waals surface area contributed by atoms with E-state index in [-0.39, 0.29) is 17.6 Å². The van der Waals surface area contributed by atoms with Crippen LogP contribution in [-0.4, -0.2) is 67.1 Å². The monoisotopic (exact) mass is 438 g/mol. The van der Waals surface area contributed by atoms with E-state index in [2.05, 4.69) is 20.2 Å². The largest absolute Gasteiger partial charge is 0.460 e. The van der Waals surface area contributed by atoms with Gasteiger partial charge in [-0.3, -0.25) is 9.48 Å². The van der Waals surface area contributed by atoms with Crippen LogP contribution in [0.2, 0.25) is 0 Å². The van der Waals surface area contributed by atoms with Crippen molar-refractivity contribution in [3.8, 4) is 6.01 Å². The maximum Gasteiger partial charge on any atom is 0.316 e. The van der Waals surface area contributed by atoms with Crippen molar-refractivity contribution in [3.05, 3.63) is 53.9 Å². The Bertz CT molecular complexity index is 1060. The van der Waals surface area contributed by atoms with E-state index >= 15 is 0 Å². The van der Waals surface area contributed by atoms with E-state index in [1.54, 1.807) is 35.4 Å². The highest BCUT2D eigenvalue weighted by Crippen LogP contribution is 2.36. The first kappa shape index (κ1) is 20.6. The second-order valence-electron chi connectivity index (χ2n) is 8.48. The number of amides is 1. The third-order valence-electron chi connectivity index (χ3n) is 6.08. The minimum atomic E-state index is -0.276. The van der Waals surface area contributed by atoms with E-state index in [4.69, 9.17) is 14.0 Å². The second-order valence-corrected chi connectivity index (χ2v) is 8.48. The van der Waals surface area contributed by atoms with Crippen molar-refractivity contribution in [1.82, 2.24) is 29.8 Å². The van der Waals surface area contributed by atoms with E-state index in [0.29, 0.717) is 43.7 Å². The third kappa shape index (κ3) is 4.50. The predicted molar refractivity (Wildman–Crippen MR) is 112 cm³/mol. The van der Waals surface area contributed by atoms with Gasteiger partial charge >= 0.3 is 6.01 Å². The van der Waals surface area contributed by atoms with Crippen molar-refractivity contribution in [2.75, 3.05) is 19.7 Å². The van der Waals surface area contributed by atoms with Crippen molar-refractivity contribution in [2.24, 2.45) is 0 Å². The molecule has 1 atom stereocenters. The van der Waals surface area contributed by atoms with Crippen molar-refractivity contribution in [2.45, 2.75) is 50.9 Å². The summed E-state index contributed by atoms with van der Waals surface area (Å²) in [5, 5.41) is 8.22. The zero-order valence-electron chi connectivity index (χ0n) is 18.0. The molecule has 2 aliphatic heterocycles. The zero-order valence-corrected chi connectivity index (χ0v) is 18.0. The average Bonchev–Trinajstić information content (AvgIpc) is 3.44. The van der Waals surface area contributed by atoms with Crippen LogP contribution in [0.1, 0.15) is 47.5 Å². The van der Waals surface area contributed by atoms with Gasteiger partial charge in [-0.1, -0.05) is 5.16 Å². The predicted octanol–water partition coefficient (Wildman–Crippen LogP) is 2.25. The van der Waals surface area contributed by atoms with Gasteiger partial charge < -0.3 is 18.9 Å². The van der Waals surface area contributed by atoms with E-state index < -0.39 is 0 Å². The quantitative estimate of drug-likeness (QED) is 0.597. The van der Waals surface area contributed by atoms with Gasteiger partial charge in [-0.05, 0) is 31.4 Å². The number of piperidine rings is 1. The Labute approximate surface area is 185 Å². The van der Waals surface area contributed by atoms with Gasteiger partial charge in [-0.2, -0.15) is 5.10 Å². The molecule has 10 nitrogen and oxygen atoms in total. The second kappa shape index (κ2) is 8.70. The molecular formula is C22H26N6O4. The van der Waals surface area contributed by atoms with Crippen LogP contribution in [0.5, 0.6) is 6.01 Å². The molecule has 0 saturated carbocycles. The minimum absolute atomic E-state index is 0.0115. The number of carbonyl (C=O) groups is 1. The van der Waals surface area contributed by atoms with Crippen molar-refractivity contribution in [1.29, 1.82) is 0 Å². The maximum absolute atomic E-state index is 12.9. The third-order valence-corrected chi connectivity index (χ3v) is 6.08. The van der Waals surface area contributed by atoms with Gasteiger partial charge in [-0.25, -0.2) is 9.97 Å². The molecule has 2 saturated heterocycles. The van der Waals surface area contributed by atoms with Crippen LogP contribution in [0.3, 0.4) is 0 Å². The summed E-state index contributed by atoms with van der Waals surface area (Å²) in [6.07, 6.45) is 10.1. The summed E-state index contributed by atoms with van der Waals surface area (Å²) in [4.78, 5) is 23.1. The van der Waals surface area contributed by atoms with Gasteiger partial charge in [0.25, 0.3) is 5.91 Å². The number of carbonyl (C=O) groups excluding carboxylic acids is 1. The van der Waals surface area contributed by atoms with Crippen LogP contribution in [0.25, 0.3) is 0 Å². The summed E-state index contributed by atoms with van der Waals surface area (Å²) >= 11 is 0. The Balaban J connectivity index is 1.17. The molecule has 32 heavy (non-hydrogen) atoms. The molecule has 3 aromatic heterocycles. The molecule has 0 aromatic carbocycles. The Kier molecular flexibility index (Phi) is 5.60. The number of rotatable bonds is 5. The fourth-order valence-electron chi connectivity index (χ4n) is 4.41. The molecule has 2 fully saturated rings. The molecule has 2 aliphatic rings. The lowest BCUT2D eigenvalue weighted by molar-refractivity contribution is -0.136. The van der Waals surface area contributed by atoms with Crippen molar-refractivity contribution < 1.29 is 18.8 Å². The molecule has 0 radical (unpaired) electrons. The van der Waals surface area contributed by atoms with E-state index in [1.165, 1.54) is 0 Å². The van der Waals surface area contributed by atoms with Crippen LogP contribution >= 0.6 is 0 Å². The lowest BCUT2D eigenvalue weighted by Gasteiger charge is -2.45. The lowest BCUT2D eigenvalue weighted by Crippen LogP contribution is -2.52. The van der Waals surface area contributed by atoms with Crippen LogP contribution in [0.4, 0.5) is 0 Å². The molecule has 0 bridgehead atoms. The molecule has 1 unspecified atom stereocenters. The number of aromatic nitrogens is 5. The van der Waals surface area contributed by atoms with Gasteiger partial charge in [0, 0.05) is 50.6 Å². The average molecular weight is 438 g/mol. The lowest BCUT2D eigenvalue weighted by atomic mass is 9.83. The molecule has 0 N–H and O–H groups in total. The number of likely N-dealkylation sites (tertiary alicyclic amines) is 1. The molecule has 3 aromatic rings. The van der Waals surface area contributed by atoms with Gasteiger partial charge in [0.15, 0.2) is 11.5 Å². The highest BCUT2D eigenvalue weighted by molar-refractivity contribution is 5.92. The molecule has 5 rings (SSSR count). The van der Waals surface area contributed by atoms with Crippen LogP contribution in [0.15, 0.2) is 41.4 Å². The number of aryl methyl sites for hydroxylation is 1. The van der Waals surface area contributed by atoms with E-state index in [0.717, 1.165) is 31.2 Å². The topological polar surface area (TPSA) is 108 Å². The fraction of sp³-hybridized carbons (Fsp3) is 0.500. The summed E-state index contributed by atoms with van der Waals surface area (Å²) in [5.74, 6) is 0.483. The summed E-state index contributed by atoms with van der Waals surface area (Å²) in [6, 6.07) is 3.86. The first-order valence-electron chi connectivity index (χ1n) is 10.9. The van der Waals surface area contributed by atoms with Gasteiger partial charge in [0.1, 0.15) is 12.6 Å². The van der Waals surface area contributed by atoms with Crippen LogP contribution in [-0.2, 0) is 11.3 Å². The number of hydrogen-bond donors (Lipinski definition) is 0. The van der Waals surface area contributed by atoms with Gasteiger partial charge in [0.2, 0.25) is 0 Å². The first-order chi connectivity index (χ1) is 15.6. The first-order valence-corrected chi connectivity index (χ1v) is 10.9. The van der Waals surface area contributed by atoms with Gasteiger partial charge in [-0.15, -0.1) is 0 Å². The van der Waals surface area contributed by atoms with Crippen molar-refractivity contribution >= 4 is 5.91 Å². The van der Waals surface area contributed by atoms with E-state index in [9.17, 15) is 4.79 Å². The number of hydrogen-bond acceptors (Lipinski definition) is 8. The molecule has 10 heteroatoms. The summed E-state index contributed by atoms with van der Waals surface area (Å²) in [5.41, 5.74) is 1.12. The van der Waals surface area contributed by atoms with Crippen molar-refractivity contribution in [3.63, 3.8) is 0 Å². The molecule has 0 aliphatic carbocycles.